The molecule has 2 fully saturated rings. The number of hydrogen-bond acceptors (Lipinski definition) is 3. The van der Waals surface area contributed by atoms with Crippen molar-refractivity contribution in [2.45, 2.75) is 25.7 Å². The average Bonchev–Trinajstić information content (AvgIpc) is 3.20. The van der Waals surface area contributed by atoms with E-state index < -0.39 is 0 Å². The number of hydrogen-bond donors (Lipinski definition) is 1. The molecule has 0 atom stereocenters. The van der Waals surface area contributed by atoms with Gasteiger partial charge in [0.2, 0.25) is 5.91 Å². The molecule has 4 rings (SSSR count). The summed E-state index contributed by atoms with van der Waals surface area (Å²) < 4.78 is 6.12. The fraction of sp³-hybridized carbons (Fsp3) is 0.417. The summed E-state index contributed by atoms with van der Waals surface area (Å²) in [6.45, 7) is 2.90. The summed E-state index contributed by atoms with van der Waals surface area (Å²) in [5.41, 5.74) is 1.66. The van der Waals surface area contributed by atoms with Crippen LogP contribution in [0.4, 0.5) is 10.5 Å². The van der Waals surface area contributed by atoms with Crippen LogP contribution >= 0.6 is 27.5 Å². The van der Waals surface area contributed by atoms with E-state index in [1.165, 1.54) is 0 Å². The van der Waals surface area contributed by atoms with E-state index >= 15 is 0 Å². The summed E-state index contributed by atoms with van der Waals surface area (Å²) in [6.07, 6.45) is 3.18. The van der Waals surface area contributed by atoms with Gasteiger partial charge in [0, 0.05) is 30.7 Å². The number of amides is 3. The molecule has 2 aromatic rings. The summed E-state index contributed by atoms with van der Waals surface area (Å²) in [4.78, 5) is 29.4. The number of methoxy groups -OCH3 is 1. The van der Waals surface area contributed by atoms with E-state index in [0.717, 1.165) is 54.7 Å². The van der Waals surface area contributed by atoms with Crippen LogP contribution in [-0.4, -0.2) is 55.0 Å². The number of likely N-dealkylation sites (tertiary alicyclic amines) is 2. The number of anilines is 1. The Kier molecular flexibility index (Phi) is 6.96. The number of carbonyl (C=O) groups excluding carboxylic acids is 2. The molecule has 0 radical (unpaired) electrons. The fourth-order valence-corrected chi connectivity index (χ4v) is 5.32. The normalized spacial score (nSPS) is 17.5. The van der Waals surface area contributed by atoms with Gasteiger partial charge in [0.1, 0.15) is 5.75 Å². The third-order valence-corrected chi connectivity index (χ3v) is 7.37. The summed E-state index contributed by atoms with van der Waals surface area (Å²) in [7, 11) is 1.63. The van der Waals surface area contributed by atoms with E-state index in [1.807, 2.05) is 40.1 Å². The van der Waals surface area contributed by atoms with Gasteiger partial charge in [0.05, 0.1) is 24.2 Å². The maximum absolute atomic E-state index is 12.8. The van der Waals surface area contributed by atoms with Crippen LogP contribution in [0.5, 0.6) is 5.75 Å². The van der Waals surface area contributed by atoms with Crippen LogP contribution in [-0.2, 0) is 11.2 Å². The number of piperidine rings is 1. The molecule has 2 heterocycles. The monoisotopic (exact) mass is 519 g/mol. The molecule has 32 heavy (non-hydrogen) atoms. The van der Waals surface area contributed by atoms with E-state index in [-0.39, 0.29) is 17.4 Å². The molecule has 0 aromatic heterocycles. The van der Waals surface area contributed by atoms with Gasteiger partial charge in [-0.1, -0.05) is 39.7 Å². The number of carbonyl (C=O) groups is 2. The Labute approximate surface area is 202 Å². The highest BCUT2D eigenvalue weighted by Gasteiger charge is 2.42. The number of halogens is 2. The van der Waals surface area contributed by atoms with Crippen molar-refractivity contribution in [3.05, 3.63) is 57.5 Å². The first-order chi connectivity index (χ1) is 15.4. The molecular formula is C24H27BrClN3O3. The van der Waals surface area contributed by atoms with Gasteiger partial charge in [0.25, 0.3) is 0 Å². The predicted octanol–water partition coefficient (Wildman–Crippen LogP) is 5.20. The zero-order valence-corrected chi connectivity index (χ0v) is 20.4. The van der Waals surface area contributed by atoms with E-state index in [0.29, 0.717) is 23.7 Å². The van der Waals surface area contributed by atoms with E-state index in [9.17, 15) is 9.59 Å². The van der Waals surface area contributed by atoms with Crippen LogP contribution in [0, 0.1) is 5.41 Å². The maximum atomic E-state index is 12.8. The minimum absolute atomic E-state index is 0.0909. The first kappa shape index (κ1) is 22.9. The predicted molar refractivity (Wildman–Crippen MR) is 129 cm³/mol. The minimum atomic E-state index is -0.123. The maximum Gasteiger partial charge on any atom is 0.321 e. The Morgan fingerprint density at radius 1 is 1.09 bits per heavy atom. The lowest BCUT2D eigenvalue weighted by molar-refractivity contribution is -0.132. The molecule has 2 aliphatic heterocycles. The smallest absolute Gasteiger partial charge is 0.321 e. The highest BCUT2D eigenvalue weighted by Crippen LogP contribution is 2.41. The van der Waals surface area contributed by atoms with Crippen molar-refractivity contribution in [2.24, 2.45) is 5.41 Å². The lowest BCUT2D eigenvalue weighted by Gasteiger charge is -2.39. The molecule has 1 N–H and O–H groups in total. The lowest BCUT2D eigenvalue weighted by Crippen LogP contribution is -2.45. The van der Waals surface area contributed by atoms with Crippen LogP contribution in [0.3, 0.4) is 0 Å². The Balaban J connectivity index is 1.29. The lowest BCUT2D eigenvalue weighted by atomic mass is 9.77. The van der Waals surface area contributed by atoms with Crippen molar-refractivity contribution < 1.29 is 14.3 Å². The Morgan fingerprint density at radius 2 is 1.81 bits per heavy atom. The van der Waals surface area contributed by atoms with Crippen molar-refractivity contribution in [1.82, 2.24) is 9.80 Å². The molecule has 170 valence electrons. The average molecular weight is 521 g/mol. The van der Waals surface area contributed by atoms with Gasteiger partial charge in [-0.2, -0.15) is 0 Å². The largest absolute Gasteiger partial charge is 0.497 e. The number of nitrogens with one attached hydrogen (secondary N) is 1. The fourth-order valence-electron chi connectivity index (χ4n) is 4.60. The van der Waals surface area contributed by atoms with Gasteiger partial charge in [0.15, 0.2) is 0 Å². The summed E-state index contributed by atoms with van der Waals surface area (Å²) >= 11 is 9.61. The first-order valence-electron chi connectivity index (χ1n) is 10.8. The molecule has 2 aromatic carbocycles. The molecule has 2 saturated heterocycles. The topological polar surface area (TPSA) is 61.9 Å². The zero-order valence-electron chi connectivity index (χ0n) is 18.1. The van der Waals surface area contributed by atoms with Crippen LogP contribution in [0.25, 0.3) is 0 Å². The van der Waals surface area contributed by atoms with Gasteiger partial charge in [-0.05, 0) is 60.6 Å². The molecule has 3 amide bonds. The highest BCUT2D eigenvalue weighted by atomic mass is 79.9. The van der Waals surface area contributed by atoms with E-state index in [4.69, 9.17) is 16.3 Å². The third-order valence-electron chi connectivity index (χ3n) is 6.56. The van der Waals surface area contributed by atoms with Gasteiger partial charge in [-0.15, -0.1) is 0 Å². The second-order valence-electron chi connectivity index (χ2n) is 8.63. The van der Waals surface area contributed by atoms with Crippen molar-refractivity contribution >= 4 is 45.2 Å². The van der Waals surface area contributed by atoms with Gasteiger partial charge >= 0.3 is 6.03 Å². The number of ether oxygens (including phenoxy) is 1. The number of nitrogens with zero attached hydrogens (tertiary/aromatic N) is 2. The van der Waals surface area contributed by atoms with Gasteiger partial charge in [-0.3, -0.25) is 4.79 Å². The summed E-state index contributed by atoms with van der Waals surface area (Å²) in [5.74, 6) is 0.909. The van der Waals surface area contributed by atoms with Crippen LogP contribution in [0.15, 0.2) is 46.9 Å². The van der Waals surface area contributed by atoms with Gasteiger partial charge < -0.3 is 19.9 Å². The van der Waals surface area contributed by atoms with Crippen LogP contribution < -0.4 is 10.1 Å². The Morgan fingerprint density at radius 3 is 2.50 bits per heavy atom. The minimum Gasteiger partial charge on any atom is -0.497 e. The molecule has 0 saturated carbocycles. The second kappa shape index (κ2) is 9.71. The molecule has 0 aliphatic carbocycles. The van der Waals surface area contributed by atoms with Crippen molar-refractivity contribution in [3.63, 3.8) is 0 Å². The van der Waals surface area contributed by atoms with Gasteiger partial charge in [-0.25, -0.2) is 4.79 Å². The third kappa shape index (κ3) is 5.21. The van der Waals surface area contributed by atoms with Crippen LogP contribution in [0.2, 0.25) is 5.02 Å². The Bertz CT molecular complexity index is 1010. The molecule has 8 heteroatoms. The molecular weight excluding hydrogens is 494 g/mol. The van der Waals surface area contributed by atoms with Crippen molar-refractivity contribution in [1.29, 1.82) is 0 Å². The van der Waals surface area contributed by atoms with E-state index in [1.54, 1.807) is 19.2 Å². The molecule has 6 nitrogen and oxygen atoms in total. The summed E-state index contributed by atoms with van der Waals surface area (Å²) in [5, 5.41) is 3.43. The Hall–Kier alpha value is -2.25. The first-order valence-corrected chi connectivity index (χ1v) is 12.0. The number of benzene rings is 2. The zero-order chi connectivity index (χ0) is 22.7. The van der Waals surface area contributed by atoms with Crippen molar-refractivity contribution in [2.75, 3.05) is 38.6 Å². The molecule has 0 unspecified atom stereocenters. The molecule has 1 spiro atoms. The molecule has 0 bridgehead atoms. The van der Waals surface area contributed by atoms with E-state index in [2.05, 4.69) is 21.2 Å². The second-order valence-corrected chi connectivity index (χ2v) is 9.96. The summed E-state index contributed by atoms with van der Waals surface area (Å²) in [6, 6.07) is 12.9. The standard InChI is InChI=1S/C24H27BrClN3O3/c1-32-19-4-2-3-17(13-19)14-22(30)28-10-7-24(8-11-28)9-12-29(16-24)23(31)27-21-6-5-18(25)15-20(21)26/h2-6,13,15H,7-12,14,16H2,1H3,(H,27,31). The number of urea groups is 1. The molecule has 2 aliphatic rings. The quantitative estimate of drug-likeness (QED) is 0.603. The SMILES string of the molecule is COc1cccc(CC(=O)N2CCC3(CC2)CCN(C(=O)Nc2ccc(Br)cc2Cl)C3)c1. The highest BCUT2D eigenvalue weighted by molar-refractivity contribution is 9.10. The number of rotatable bonds is 4. The van der Waals surface area contributed by atoms with Crippen LogP contribution in [0.1, 0.15) is 24.8 Å². The van der Waals surface area contributed by atoms with Crippen molar-refractivity contribution in [3.8, 4) is 5.75 Å².